The number of hydrogen-bond acceptors (Lipinski definition) is 5. The number of nitrogens with one attached hydrogen (secondary N) is 2. The molecule has 0 aromatic heterocycles. The highest BCUT2D eigenvalue weighted by Gasteiger charge is 2.33. The molecule has 176 valence electrons. The Bertz CT molecular complexity index is 1130. The topological polar surface area (TPSA) is 105 Å². The van der Waals surface area contributed by atoms with Crippen molar-refractivity contribution in [3.05, 3.63) is 53.6 Å². The van der Waals surface area contributed by atoms with Crippen LogP contribution in [0.3, 0.4) is 0 Å². The number of benzene rings is 2. The Morgan fingerprint density at radius 2 is 1.94 bits per heavy atom. The third-order valence-corrected chi connectivity index (χ3v) is 8.08. The number of amides is 2. The van der Waals surface area contributed by atoms with Gasteiger partial charge in [0, 0.05) is 31.7 Å². The largest absolute Gasteiger partial charge is 0.497 e. The van der Waals surface area contributed by atoms with E-state index in [0.29, 0.717) is 50.9 Å². The number of methoxy groups -OCH3 is 1. The summed E-state index contributed by atoms with van der Waals surface area (Å²) >= 11 is 0. The normalized spacial score (nSPS) is 19.2. The molecule has 0 unspecified atom stereocenters. The maximum Gasteiger partial charge on any atom is 0.243 e. The van der Waals surface area contributed by atoms with Gasteiger partial charge < -0.3 is 15.4 Å². The van der Waals surface area contributed by atoms with Crippen LogP contribution in [0.15, 0.2) is 47.4 Å². The maximum atomic E-state index is 13.3. The summed E-state index contributed by atoms with van der Waals surface area (Å²) < 4.78 is 33.2. The molecule has 1 fully saturated rings. The van der Waals surface area contributed by atoms with Gasteiger partial charge in [-0.1, -0.05) is 12.1 Å². The van der Waals surface area contributed by atoms with E-state index in [0.717, 1.165) is 16.9 Å². The number of piperidine rings is 1. The second-order valence-corrected chi connectivity index (χ2v) is 10.4. The molecule has 2 aromatic carbocycles. The van der Waals surface area contributed by atoms with Crippen molar-refractivity contribution < 1.29 is 22.7 Å². The number of rotatable bonds is 6. The standard InChI is InChI=1S/C24H29N3O5S/c1-32-20-9-7-17(8-10-20)15-25-24(29)19-5-3-13-27(16-19)33(30,31)21-11-12-22-18(14-21)4-2-6-23(28)26-22/h7-12,14,19H,2-6,13,15-16H2,1H3,(H,25,29)(H,26,28)/t19-/m1/s1. The van der Waals surface area contributed by atoms with E-state index in [1.54, 1.807) is 19.2 Å². The van der Waals surface area contributed by atoms with Crippen LogP contribution in [0.25, 0.3) is 0 Å². The third kappa shape index (κ3) is 5.36. The Labute approximate surface area is 194 Å². The van der Waals surface area contributed by atoms with Gasteiger partial charge >= 0.3 is 0 Å². The number of ether oxygens (including phenoxy) is 1. The maximum absolute atomic E-state index is 13.3. The number of carbonyl (C=O) groups is 2. The molecule has 1 saturated heterocycles. The fourth-order valence-electron chi connectivity index (χ4n) is 4.31. The Morgan fingerprint density at radius 1 is 1.15 bits per heavy atom. The van der Waals surface area contributed by atoms with Crippen LogP contribution in [0.2, 0.25) is 0 Å². The first-order valence-electron chi connectivity index (χ1n) is 11.2. The van der Waals surface area contributed by atoms with Gasteiger partial charge in [0.1, 0.15) is 5.75 Å². The molecular weight excluding hydrogens is 442 g/mol. The van der Waals surface area contributed by atoms with Crippen molar-refractivity contribution in [1.29, 1.82) is 0 Å². The zero-order valence-electron chi connectivity index (χ0n) is 18.7. The first kappa shape index (κ1) is 23.3. The number of nitrogens with zero attached hydrogens (tertiary/aromatic N) is 1. The molecule has 4 rings (SSSR count). The summed E-state index contributed by atoms with van der Waals surface area (Å²) in [7, 11) is -2.14. The molecule has 0 spiro atoms. The van der Waals surface area contributed by atoms with E-state index in [1.165, 1.54) is 10.4 Å². The quantitative estimate of drug-likeness (QED) is 0.674. The number of carbonyl (C=O) groups excluding carboxylic acids is 2. The van der Waals surface area contributed by atoms with Crippen molar-refractivity contribution in [2.45, 2.75) is 43.5 Å². The van der Waals surface area contributed by atoms with Gasteiger partial charge in [0.15, 0.2) is 0 Å². The molecule has 2 aliphatic heterocycles. The van der Waals surface area contributed by atoms with Crippen LogP contribution in [0.5, 0.6) is 5.75 Å². The monoisotopic (exact) mass is 471 g/mol. The predicted molar refractivity (Wildman–Crippen MR) is 124 cm³/mol. The molecule has 9 heteroatoms. The van der Waals surface area contributed by atoms with Gasteiger partial charge in [0.05, 0.1) is 17.9 Å². The molecule has 2 aliphatic rings. The van der Waals surface area contributed by atoms with Crippen LogP contribution in [-0.2, 0) is 32.6 Å². The molecule has 2 heterocycles. The second-order valence-electron chi connectivity index (χ2n) is 8.49. The third-order valence-electron chi connectivity index (χ3n) is 6.22. The molecule has 2 amide bonds. The minimum Gasteiger partial charge on any atom is -0.497 e. The molecule has 2 N–H and O–H groups in total. The fraction of sp³-hybridized carbons (Fsp3) is 0.417. The highest BCUT2D eigenvalue weighted by molar-refractivity contribution is 7.89. The molecule has 2 aromatic rings. The summed E-state index contributed by atoms with van der Waals surface area (Å²) in [6.07, 6.45) is 3.03. The van der Waals surface area contributed by atoms with Crippen molar-refractivity contribution in [2.75, 3.05) is 25.5 Å². The SMILES string of the molecule is COc1ccc(CNC(=O)[C@@H]2CCCN(S(=O)(=O)c3ccc4c(c3)CCCC(=O)N4)C2)cc1. The highest BCUT2D eigenvalue weighted by atomic mass is 32.2. The Morgan fingerprint density at radius 3 is 2.70 bits per heavy atom. The van der Waals surface area contributed by atoms with Gasteiger partial charge in [-0.15, -0.1) is 0 Å². The van der Waals surface area contributed by atoms with Crippen molar-refractivity contribution in [1.82, 2.24) is 9.62 Å². The Kier molecular flexibility index (Phi) is 6.99. The van der Waals surface area contributed by atoms with E-state index in [9.17, 15) is 18.0 Å². The number of fused-ring (bicyclic) bond motifs is 1. The molecule has 0 bridgehead atoms. The Balaban J connectivity index is 1.42. The van der Waals surface area contributed by atoms with E-state index in [2.05, 4.69) is 10.6 Å². The number of sulfonamides is 1. The number of hydrogen-bond donors (Lipinski definition) is 2. The summed E-state index contributed by atoms with van der Waals surface area (Å²) in [5.74, 6) is 0.157. The minimum atomic E-state index is -3.74. The lowest BCUT2D eigenvalue weighted by molar-refractivity contribution is -0.126. The van der Waals surface area contributed by atoms with Gasteiger partial charge in [-0.3, -0.25) is 9.59 Å². The lowest BCUT2D eigenvalue weighted by atomic mass is 9.99. The van der Waals surface area contributed by atoms with E-state index < -0.39 is 15.9 Å². The smallest absolute Gasteiger partial charge is 0.243 e. The van der Waals surface area contributed by atoms with Crippen molar-refractivity contribution in [3.63, 3.8) is 0 Å². The average Bonchev–Trinajstić information content (AvgIpc) is 3.02. The summed E-state index contributed by atoms with van der Waals surface area (Å²) in [5, 5.41) is 5.76. The zero-order chi connectivity index (χ0) is 23.4. The summed E-state index contributed by atoms with van der Waals surface area (Å²) in [5.41, 5.74) is 2.44. The van der Waals surface area contributed by atoms with Crippen LogP contribution >= 0.6 is 0 Å². The predicted octanol–water partition coefficient (Wildman–Crippen LogP) is 2.69. The van der Waals surface area contributed by atoms with Crippen LogP contribution in [0, 0.1) is 5.92 Å². The average molecular weight is 472 g/mol. The van der Waals surface area contributed by atoms with Crippen LogP contribution in [0.4, 0.5) is 5.69 Å². The van der Waals surface area contributed by atoms with Gasteiger partial charge in [-0.2, -0.15) is 4.31 Å². The lowest BCUT2D eigenvalue weighted by Crippen LogP contribution is -2.45. The van der Waals surface area contributed by atoms with Crippen LogP contribution in [0.1, 0.15) is 36.8 Å². The van der Waals surface area contributed by atoms with E-state index >= 15 is 0 Å². The van der Waals surface area contributed by atoms with Crippen molar-refractivity contribution in [3.8, 4) is 5.75 Å². The van der Waals surface area contributed by atoms with Gasteiger partial charge in [0.2, 0.25) is 21.8 Å². The van der Waals surface area contributed by atoms with E-state index in [-0.39, 0.29) is 23.3 Å². The Hall–Kier alpha value is -2.91. The molecule has 0 radical (unpaired) electrons. The van der Waals surface area contributed by atoms with Gasteiger partial charge in [-0.05, 0) is 67.1 Å². The summed E-state index contributed by atoms with van der Waals surface area (Å²) in [6, 6.07) is 12.3. The summed E-state index contributed by atoms with van der Waals surface area (Å²) in [6.45, 7) is 0.922. The van der Waals surface area contributed by atoms with Crippen molar-refractivity contribution >= 4 is 27.5 Å². The van der Waals surface area contributed by atoms with Crippen LogP contribution in [-0.4, -0.2) is 44.7 Å². The molecule has 1 atom stereocenters. The lowest BCUT2D eigenvalue weighted by Gasteiger charge is -2.31. The number of aryl methyl sites for hydroxylation is 1. The molecule has 8 nitrogen and oxygen atoms in total. The zero-order valence-corrected chi connectivity index (χ0v) is 19.5. The molecule has 33 heavy (non-hydrogen) atoms. The first-order valence-corrected chi connectivity index (χ1v) is 12.6. The highest BCUT2D eigenvalue weighted by Crippen LogP contribution is 2.29. The van der Waals surface area contributed by atoms with Crippen LogP contribution < -0.4 is 15.4 Å². The fourth-order valence-corrected chi connectivity index (χ4v) is 5.89. The van der Waals surface area contributed by atoms with E-state index in [1.807, 2.05) is 24.3 Å². The van der Waals surface area contributed by atoms with Gasteiger partial charge in [-0.25, -0.2) is 8.42 Å². The number of anilines is 1. The second kappa shape index (κ2) is 9.93. The van der Waals surface area contributed by atoms with E-state index in [4.69, 9.17) is 4.74 Å². The molecular formula is C24H29N3O5S. The van der Waals surface area contributed by atoms with Crippen molar-refractivity contribution in [2.24, 2.45) is 5.92 Å². The first-order chi connectivity index (χ1) is 15.9. The minimum absolute atomic E-state index is 0.0520. The van der Waals surface area contributed by atoms with Gasteiger partial charge in [0.25, 0.3) is 0 Å². The molecule has 0 aliphatic carbocycles. The summed E-state index contributed by atoms with van der Waals surface area (Å²) in [4.78, 5) is 24.7. The molecule has 0 saturated carbocycles.